The molecule has 3 aromatic heterocycles. The Morgan fingerprint density at radius 3 is 2.69 bits per heavy atom. The van der Waals surface area contributed by atoms with E-state index >= 15 is 0 Å². The molecule has 5 aromatic rings. The molecule has 0 fully saturated rings. The average molecular weight is 336 g/mol. The van der Waals surface area contributed by atoms with E-state index in [0.29, 0.717) is 0 Å². The number of rotatable bonds is 2. The minimum Gasteiger partial charge on any atom is -0.346 e. The quantitative estimate of drug-likeness (QED) is 0.485. The van der Waals surface area contributed by atoms with Crippen molar-refractivity contribution in [1.29, 1.82) is 0 Å². The maximum atomic E-state index is 4.63. The molecule has 2 aromatic carbocycles. The smallest absolute Gasteiger partial charge is 0.137 e. The second-order valence-corrected chi connectivity index (χ2v) is 6.43. The van der Waals surface area contributed by atoms with Gasteiger partial charge in [-0.25, -0.2) is 15.0 Å². The minimum absolute atomic E-state index is 0.891. The van der Waals surface area contributed by atoms with Crippen molar-refractivity contribution in [3.05, 3.63) is 79.0 Å². The first kappa shape index (κ1) is 14.8. The Hall–Kier alpha value is -3.53. The molecule has 4 nitrogen and oxygen atoms in total. The summed E-state index contributed by atoms with van der Waals surface area (Å²) in [5.74, 6) is 0. The molecule has 4 heteroatoms. The summed E-state index contributed by atoms with van der Waals surface area (Å²) in [6.07, 6.45) is 7.37. The number of aromatic nitrogens is 4. The Labute approximate surface area is 150 Å². The molecule has 124 valence electrons. The van der Waals surface area contributed by atoms with E-state index in [1.165, 1.54) is 11.1 Å². The van der Waals surface area contributed by atoms with E-state index in [4.69, 9.17) is 0 Å². The molecule has 0 spiro atoms. The lowest BCUT2D eigenvalue weighted by Crippen LogP contribution is -1.86. The molecule has 0 aliphatic heterocycles. The molecule has 0 aliphatic carbocycles. The van der Waals surface area contributed by atoms with E-state index in [9.17, 15) is 0 Å². The van der Waals surface area contributed by atoms with Gasteiger partial charge in [-0.05, 0) is 41.8 Å². The molecule has 3 heterocycles. The van der Waals surface area contributed by atoms with Crippen LogP contribution in [0.4, 0.5) is 0 Å². The zero-order valence-electron chi connectivity index (χ0n) is 14.3. The van der Waals surface area contributed by atoms with Crippen molar-refractivity contribution < 1.29 is 0 Å². The number of H-pyrrole nitrogens is 1. The number of nitrogens with zero attached hydrogens (tertiary/aromatic N) is 3. The topological polar surface area (TPSA) is 54.5 Å². The van der Waals surface area contributed by atoms with Gasteiger partial charge in [0.15, 0.2) is 0 Å². The molecule has 1 N–H and O–H groups in total. The molecular weight excluding hydrogens is 320 g/mol. The fourth-order valence-electron chi connectivity index (χ4n) is 3.44. The van der Waals surface area contributed by atoms with E-state index in [-0.39, 0.29) is 0 Å². The van der Waals surface area contributed by atoms with Crippen molar-refractivity contribution >= 4 is 21.9 Å². The molecule has 0 atom stereocenters. The standard InChI is InChI=1S/C22H16N4/c1-14-4-2-3-5-18(14)16-9-19-20(12-25-22(19)24-11-16)15-6-7-21-17(8-15)10-23-13-26-21/h2-13H,1H3,(H,24,25). The first-order valence-electron chi connectivity index (χ1n) is 8.53. The zero-order chi connectivity index (χ0) is 17.5. The summed E-state index contributed by atoms with van der Waals surface area (Å²) >= 11 is 0. The van der Waals surface area contributed by atoms with Gasteiger partial charge in [0.05, 0.1) is 5.52 Å². The van der Waals surface area contributed by atoms with Crippen molar-refractivity contribution in [2.24, 2.45) is 0 Å². The van der Waals surface area contributed by atoms with Crippen molar-refractivity contribution in [2.75, 3.05) is 0 Å². The van der Waals surface area contributed by atoms with Crippen LogP contribution in [0.15, 0.2) is 73.4 Å². The maximum Gasteiger partial charge on any atom is 0.137 e. The maximum absolute atomic E-state index is 4.63. The predicted molar refractivity (Wildman–Crippen MR) is 105 cm³/mol. The van der Waals surface area contributed by atoms with Crippen LogP contribution in [-0.2, 0) is 0 Å². The van der Waals surface area contributed by atoms with E-state index in [1.54, 1.807) is 6.33 Å². The van der Waals surface area contributed by atoms with E-state index in [1.807, 2.05) is 24.7 Å². The number of hydrogen-bond acceptors (Lipinski definition) is 3. The predicted octanol–water partition coefficient (Wildman–Crippen LogP) is 5.15. The third-order valence-electron chi connectivity index (χ3n) is 4.80. The van der Waals surface area contributed by atoms with Crippen LogP contribution in [0.2, 0.25) is 0 Å². The average Bonchev–Trinajstić information content (AvgIpc) is 3.11. The molecule has 5 rings (SSSR count). The summed E-state index contributed by atoms with van der Waals surface area (Å²) in [6.45, 7) is 2.13. The third kappa shape index (κ3) is 2.35. The van der Waals surface area contributed by atoms with Gasteiger partial charge in [0, 0.05) is 40.5 Å². The summed E-state index contributed by atoms with van der Waals surface area (Å²) in [5.41, 5.74) is 7.68. The largest absolute Gasteiger partial charge is 0.346 e. The normalized spacial score (nSPS) is 11.3. The van der Waals surface area contributed by atoms with Crippen molar-refractivity contribution in [2.45, 2.75) is 6.92 Å². The highest BCUT2D eigenvalue weighted by molar-refractivity contribution is 5.98. The highest BCUT2D eigenvalue weighted by atomic mass is 14.8. The second kappa shape index (κ2) is 5.77. The van der Waals surface area contributed by atoms with Gasteiger partial charge < -0.3 is 4.98 Å². The summed E-state index contributed by atoms with van der Waals surface area (Å²) in [4.78, 5) is 16.3. The second-order valence-electron chi connectivity index (χ2n) is 6.43. The lowest BCUT2D eigenvalue weighted by atomic mass is 9.99. The first-order valence-corrected chi connectivity index (χ1v) is 8.53. The van der Waals surface area contributed by atoms with Crippen LogP contribution in [0.25, 0.3) is 44.2 Å². The Morgan fingerprint density at radius 1 is 0.846 bits per heavy atom. The summed E-state index contributed by atoms with van der Waals surface area (Å²) in [5, 5.41) is 2.14. The van der Waals surface area contributed by atoms with Crippen molar-refractivity contribution in [3.8, 4) is 22.3 Å². The Balaban J connectivity index is 1.70. The molecule has 0 saturated carbocycles. The lowest BCUT2D eigenvalue weighted by molar-refractivity contribution is 1.22. The molecule has 26 heavy (non-hydrogen) atoms. The van der Waals surface area contributed by atoms with Crippen LogP contribution in [0.1, 0.15) is 5.56 Å². The van der Waals surface area contributed by atoms with Crippen LogP contribution in [0.3, 0.4) is 0 Å². The van der Waals surface area contributed by atoms with Gasteiger partial charge in [-0.3, -0.25) is 0 Å². The van der Waals surface area contributed by atoms with Gasteiger partial charge in [-0.15, -0.1) is 0 Å². The van der Waals surface area contributed by atoms with Crippen LogP contribution < -0.4 is 0 Å². The number of benzene rings is 2. The summed E-state index contributed by atoms with van der Waals surface area (Å²) in [6, 6.07) is 16.8. The van der Waals surface area contributed by atoms with Gasteiger partial charge in [-0.2, -0.15) is 0 Å². The molecular formula is C22H16N4. The minimum atomic E-state index is 0.891. The number of fused-ring (bicyclic) bond motifs is 2. The molecule has 0 unspecified atom stereocenters. The number of aryl methyl sites for hydroxylation is 1. The highest BCUT2D eigenvalue weighted by Gasteiger charge is 2.10. The fraction of sp³-hybridized carbons (Fsp3) is 0.0455. The summed E-state index contributed by atoms with van der Waals surface area (Å²) < 4.78 is 0. The van der Waals surface area contributed by atoms with Gasteiger partial charge in [-0.1, -0.05) is 30.3 Å². The van der Waals surface area contributed by atoms with E-state index < -0.39 is 0 Å². The Bertz CT molecular complexity index is 1250. The monoisotopic (exact) mass is 336 g/mol. The van der Waals surface area contributed by atoms with Crippen LogP contribution in [0.5, 0.6) is 0 Å². The lowest BCUT2D eigenvalue weighted by Gasteiger charge is -2.07. The summed E-state index contributed by atoms with van der Waals surface area (Å²) in [7, 11) is 0. The van der Waals surface area contributed by atoms with Crippen LogP contribution in [0, 0.1) is 6.92 Å². The van der Waals surface area contributed by atoms with Crippen molar-refractivity contribution in [3.63, 3.8) is 0 Å². The van der Waals surface area contributed by atoms with Crippen LogP contribution >= 0.6 is 0 Å². The van der Waals surface area contributed by atoms with Crippen LogP contribution in [-0.4, -0.2) is 19.9 Å². The highest BCUT2D eigenvalue weighted by Crippen LogP contribution is 2.32. The van der Waals surface area contributed by atoms with Gasteiger partial charge in [0.1, 0.15) is 12.0 Å². The SMILES string of the molecule is Cc1ccccc1-c1cnc2[nH]cc(-c3ccc4ncncc4c3)c2c1. The molecule has 0 radical (unpaired) electrons. The van der Waals surface area contributed by atoms with Gasteiger partial charge >= 0.3 is 0 Å². The molecule has 0 saturated heterocycles. The third-order valence-corrected chi connectivity index (χ3v) is 4.80. The van der Waals surface area contributed by atoms with Gasteiger partial charge in [0.25, 0.3) is 0 Å². The number of aromatic amines is 1. The fourth-order valence-corrected chi connectivity index (χ4v) is 3.44. The molecule has 0 aliphatic rings. The molecule has 0 bridgehead atoms. The van der Waals surface area contributed by atoms with E-state index in [0.717, 1.165) is 38.6 Å². The number of hydrogen-bond donors (Lipinski definition) is 1. The Kier molecular flexibility index (Phi) is 3.28. The zero-order valence-corrected chi connectivity index (χ0v) is 14.3. The molecule has 0 amide bonds. The van der Waals surface area contributed by atoms with Gasteiger partial charge in [0.2, 0.25) is 0 Å². The number of nitrogens with one attached hydrogen (secondary N) is 1. The van der Waals surface area contributed by atoms with E-state index in [2.05, 4.69) is 69.3 Å². The first-order chi connectivity index (χ1) is 12.8. The Morgan fingerprint density at radius 2 is 1.77 bits per heavy atom. The number of pyridine rings is 1. The van der Waals surface area contributed by atoms with Crippen molar-refractivity contribution in [1.82, 2.24) is 19.9 Å².